The van der Waals surface area contributed by atoms with E-state index in [1.165, 1.54) is 11.3 Å². The number of halogens is 1. The van der Waals surface area contributed by atoms with Crippen molar-refractivity contribution in [1.29, 1.82) is 0 Å². The number of benzene rings is 1. The third-order valence-electron chi connectivity index (χ3n) is 2.09. The summed E-state index contributed by atoms with van der Waals surface area (Å²) in [4.78, 5) is 15.6. The van der Waals surface area contributed by atoms with E-state index in [0.717, 1.165) is 9.26 Å². The molecule has 0 saturated carbocycles. The van der Waals surface area contributed by atoms with Gasteiger partial charge < -0.3 is 10.4 Å². The summed E-state index contributed by atoms with van der Waals surface area (Å²) >= 11 is 3.56. The molecule has 2 aromatic rings. The Hall–Kier alpha value is -1.15. The number of carbonyl (C=O) groups is 1. The van der Waals surface area contributed by atoms with Crippen LogP contribution in [0.25, 0.3) is 0 Å². The molecule has 0 bridgehead atoms. The first kappa shape index (κ1) is 12.3. The minimum atomic E-state index is -0.991. The second-order valence-electron chi connectivity index (χ2n) is 3.36. The number of hydrogen-bond acceptors (Lipinski definition) is 4. The molecule has 1 aromatic heterocycles. The van der Waals surface area contributed by atoms with Gasteiger partial charge in [-0.25, -0.2) is 9.78 Å². The maximum atomic E-state index is 10.8. The normalized spacial score (nSPS) is 10.2. The monoisotopic (exact) mass is 360 g/mol. The molecule has 0 aliphatic carbocycles. The lowest BCUT2D eigenvalue weighted by Crippen LogP contribution is -1.99. The Labute approximate surface area is 116 Å². The van der Waals surface area contributed by atoms with Crippen molar-refractivity contribution in [2.75, 3.05) is 5.32 Å². The van der Waals surface area contributed by atoms with Crippen molar-refractivity contribution < 1.29 is 9.90 Å². The molecule has 1 heterocycles. The van der Waals surface area contributed by atoms with Crippen molar-refractivity contribution in [3.8, 4) is 0 Å². The zero-order valence-corrected chi connectivity index (χ0v) is 11.9. The molecule has 6 heteroatoms. The maximum Gasteiger partial charge on any atom is 0.355 e. The molecule has 88 valence electrons. The Kier molecular flexibility index (Phi) is 3.63. The number of carboxylic acids is 1. The molecule has 2 rings (SSSR count). The summed E-state index contributed by atoms with van der Waals surface area (Å²) in [6.45, 7) is 1.75. The van der Waals surface area contributed by atoms with Crippen LogP contribution in [0.2, 0.25) is 0 Å². The standard InChI is InChI=1S/C11H9IN2O2S/c1-6-9(10(15)16)14-11(17-6)13-8-4-2-7(12)3-5-8/h2-5H,1H3,(H,13,14)(H,15,16). The number of nitrogens with one attached hydrogen (secondary N) is 1. The highest BCUT2D eigenvalue weighted by atomic mass is 127. The SMILES string of the molecule is Cc1sc(Nc2ccc(I)cc2)nc1C(=O)O. The van der Waals surface area contributed by atoms with Crippen molar-refractivity contribution in [3.05, 3.63) is 38.4 Å². The number of aromatic carboxylic acids is 1. The average molecular weight is 360 g/mol. The zero-order valence-electron chi connectivity index (χ0n) is 8.90. The van der Waals surface area contributed by atoms with Crippen LogP contribution >= 0.6 is 33.9 Å². The van der Waals surface area contributed by atoms with Crippen molar-refractivity contribution in [3.63, 3.8) is 0 Å². The van der Waals surface area contributed by atoms with E-state index in [1.54, 1.807) is 6.92 Å². The Morgan fingerprint density at radius 2 is 2.06 bits per heavy atom. The number of carboxylic acid groups (broad SMARTS) is 1. The molecule has 17 heavy (non-hydrogen) atoms. The number of thiazole rings is 1. The second-order valence-corrected chi connectivity index (χ2v) is 5.81. The highest BCUT2D eigenvalue weighted by Crippen LogP contribution is 2.25. The van der Waals surface area contributed by atoms with Crippen LogP contribution in [0.1, 0.15) is 15.4 Å². The quantitative estimate of drug-likeness (QED) is 0.823. The fourth-order valence-electron chi connectivity index (χ4n) is 1.31. The Morgan fingerprint density at radius 3 is 2.59 bits per heavy atom. The summed E-state index contributed by atoms with van der Waals surface area (Å²) in [5, 5.41) is 12.6. The van der Waals surface area contributed by atoms with Gasteiger partial charge in [-0.3, -0.25) is 0 Å². The van der Waals surface area contributed by atoms with Crippen LogP contribution in [0, 0.1) is 10.5 Å². The molecule has 0 unspecified atom stereocenters. The first-order chi connectivity index (χ1) is 8.06. The van der Waals surface area contributed by atoms with Crippen LogP contribution in [0.3, 0.4) is 0 Å². The van der Waals surface area contributed by atoms with E-state index in [4.69, 9.17) is 5.11 Å². The highest BCUT2D eigenvalue weighted by molar-refractivity contribution is 14.1. The fourth-order valence-corrected chi connectivity index (χ4v) is 2.49. The van der Waals surface area contributed by atoms with Crippen molar-refractivity contribution in [2.45, 2.75) is 6.92 Å². The van der Waals surface area contributed by atoms with Crippen LogP contribution in [0.15, 0.2) is 24.3 Å². The first-order valence-corrected chi connectivity index (χ1v) is 6.69. The van der Waals surface area contributed by atoms with E-state index in [0.29, 0.717) is 10.0 Å². The maximum absolute atomic E-state index is 10.8. The van der Waals surface area contributed by atoms with Crippen molar-refractivity contribution in [1.82, 2.24) is 4.98 Å². The van der Waals surface area contributed by atoms with Gasteiger partial charge in [0.1, 0.15) is 0 Å². The van der Waals surface area contributed by atoms with Crippen LogP contribution in [0.5, 0.6) is 0 Å². The molecule has 0 radical (unpaired) electrons. The number of nitrogens with zero attached hydrogens (tertiary/aromatic N) is 1. The molecule has 0 atom stereocenters. The minimum absolute atomic E-state index is 0.114. The zero-order chi connectivity index (χ0) is 12.4. The molecule has 0 aliphatic rings. The van der Waals surface area contributed by atoms with Crippen LogP contribution in [0.4, 0.5) is 10.8 Å². The van der Waals surface area contributed by atoms with E-state index in [-0.39, 0.29) is 5.69 Å². The molecule has 1 aromatic carbocycles. The summed E-state index contributed by atoms with van der Waals surface area (Å²) < 4.78 is 1.15. The van der Waals surface area contributed by atoms with Gasteiger partial charge in [0.25, 0.3) is 0 Å². The molecule has 4 nitrogen and oxygen atoms in total. The van der Waals surface area contributed by atoms with Crippen LogP contribution in [-0.4, -0.2) is 16.1 Å². The number of aryl methyl sites for hydroxylation is 1. The van der Waals surface area contributed by atoms with Gasteiger partial charge in [0.2, 0.25) is 0 Å². The summed E-state index contributed by atoms with van der Waals surface area (Å²) in [5.74, 6) is -0.991. The van der Waals surface area contributed by atoms with Gasteiger partial charge in [-0.15, -0.1) is 11.3 Å². The molecule has 2 N–H and O–H groups in total. The van der Waals surface area contributed by atoms with E-state index in [2.05, 4.69) is 32.9 Å². The predicted octanol–water partition coefficient (Wildman–Crippen LogP) is 3.50. The average Bonchev–Trinajstić information content (AvgIpc) is 2.63. The number of aromatic nitrogens is 1. The van der Waals surface area contributed by atoms with Gasteiger partial charge in [-0.2, -0.15) is 0 Å². The van der Waals surface area contributed by atoms with Crippen molar-refractivity contribution >= 4 is 50.7 Å². The Bertz CT molecular complexity index is 551. The molecular formula is C11H9IN2O2S. The van der Waals surface area contributed by atoms with Gasteiger partial charge in [-0.05, 0) is 53.8 Å². The van der Waals surface area contributed by atoms with E-state index in [1.807, 2.05) is 24.3 Å². The second kappa shape index (κ2) is 5.01. The highest BCUT2D eigenvalue weighted by Gasteiger charge is 2.13. The smallest absolute Gasteiger partial charge is 0.355 e. The van der Waals surface area contributed by atoms with E-state index in [9.17, 15) is 4.79 Å². The topological polar surface area (TPSA) is 62.2 Å². The molecule has 0 aliphatic heterocycles. The van der Waals surface area contributed by atoms with E-state index >= 15 is 0 Å². The number of hydrogen-bond donors (Lipinski definition) is 2. The summed E-state index contributed by atoms with van der Waals surface area (Å²) in [6.07, 6.45) is 0. The minimum Gasteiger partial charge on any atom is -0.476 e. The van der Waals surface area contributed by atoms with Gasteiger partial charge in [0.15, 0.2) is 10.8 Å². The first-order valence-electron chi connectivity index (χ1n) is 4.79. The fraction of sp³-hybridized carbons (Fsp3) is 0.0909. The third-order valence-corrected chi connectivity index (χ3v) is 3.70. The molecule has 0 fully saturated rings. The number of rotatable bonds is 3. The predicted molar refractivity (Wildman–Crippen MR) is 76.3 cm³/mol. The molecule has 0 saturated heterocycles. The Balaban J connectivity index is 2.22. The van der Waals surface area contributed by atoms with Crippen molar-refractivity contribution in [2.24, 2.45) is 0 Å². The lowest BCUT2D eigenvalue weighted by atomic mass is 10.3. The largest absolute Gasteiger partial charge is 0.476 e. The summed E-state index contributed by atoms with van der Waals surface area (Å²) in [6, 6.07) is 7.81. The van der Waals surface area contributed by atoms with Gasteiger partial charge >= 0.3 is 5.97 Å². The summed E-state index contributed by atoms with van der Waals surface area (Å²) in [7, 11) is 0. The molecule has 0 spiro atoms. The van der Waals surface area contributed by atoms with Crippen LogP contribution < -0.4 is 5.32 Å². The van der Waals surface area contributed by atoms with Gasteiger partial charge in [-0.1, -0.05) is 0 Å². The van der Waals surface area contributed by atoms with E-state index < -0.39 is 5.97 Å². The molecular weight excluding hydrogens is 351 g/mol. The van der Waals surface area contributed by atoms with Gasteiger partial charge in [0, 0.05) is 14.1 Å². The van der Waals surface area contributed by atoms with Gasteiger partial charge in [0.05, 0.1) is 0 Å². The Morgan fingerprint density at radius 1 is 1.41 bits per heavy atom. The van der Waals surface area contributed by atoms with Crippen LogP contribution in [-0.2, 0) is 0 Å². The third kappa shape index (κ3) is 2.95. The molecule has 0 amide bonds. The lowest BCUT2D eigenvalue weighted by molar-refractivity contribution is 0.0690. The lowest BCUT2D eigenvalue weighted by Gasteiger charge is -2.01. The summed E-state index contributed by atoms with van der Waals surface area (Å²) in [5.41, 5.74) is 1.01. The number of anilines is 2.